The van der Waals surface area contributed by atoms with Crippen LogP contribution in [0.5, 0.6) is 0 Å². The second-order valence-electron chi connectivity index (χ2n) is 9.15. The quantitative estimate of drug-likeness (QED) is 0.577. The van der Waals surface area contributed by atoms with Gasteiger partial charge in [0.2, 0.25) is 0 Å². The molecule has 0 amide bonds. The van der Waals surface area contributed by atoms with Gasteiger partial charge in [-0.3, -0.25) is 9.59 Å². The van der Waals surface area contributed by atoms with Gasteiger partial charge in [-0.25, -0.2) is 0 Å². The molecule has 1 aliphatic heterocycles. The van der Waals surface area contributed by atoms with Gasteiger partial charge in [-0.05, 0) is 54.6 Å². The molecule has 1 saturated heterocycles. The summed E-state index contributed by atoms with van der Waals surface area (Å²) in [6, 6.07) is 2.01. The van der Waals surface area contributed by atoms with E-state index >= 15 is 0 Å². The Morgan fingerprint density at radius 2 is 2.19 bits per heavy atom. The van der Waals surface area contributed by atoms with Crippen molar-refractivity contribution in [3.8, 4) is 0 Å². The fourth-order valence-corrected chi connectivity index (χ4v) is 6.04. The molecule has 2 aliphatic carbocycles. The van der Waals surface area contributed by atoms with Crippen LogP contribution in [0, 0.1) is 22.7 Å². The third-order valence-corrected chi connectivity index (χ3v) is 7.92. The molecular weight excluding hydrogens is 344 g/mol. The molecule has 0 aromatic carbocycles. The van der Waals surface area contributed by atoms with Gasteiger partial charge in [0.25, 0.3) is 0 Å². The lowest BCUT2D eigenvalue weighted by Crippen LogP contribution is -2.64. The van der Waals surface area contributed by atoms with E-state index in [4.69, 9.17) is 13.9 Å². The Balaban J connectivity index is 1.70. The number of Topliss-reactive ketones (excluding diaryl/α,β-unsaturated/α-hetero) is 1. The van der Waals surface area contributed by atoms with Crippen molar-refractivity contribution in [3.63, 3.8) is 0 Å². The van der Waals surface area contributed by atoms with Crippen molar-refractivity contribution in [1.82, 2.24) is 0 Å². The smallest absolute Gasteiger partial charge is 0.302 e. The number of furan rings is 1. The molecule has 3 aliphatic rings. The number of carbonyl (C=O) groups excluding carboxylic acids is 2. The number of epoxide rings is 1. The first-order chi connectivity index (χ1) is 12.8. The zero-order valence-electron chi connectivity index (χ0n) is 16.6. The Morgan fingerprint density at radius 1 is 1.41 bits per heavy atom. The van der Waals surface area contributed by atoms with E-state index in [1.54, 1.807) is 12.5 Å². The highest BCUT2D eigenvalue weighted by molar-refractivity contribution is 5.89. The molecule has 5 unspecified atom stereocenters. The number of carbonyl (C=O) groups is 2. The largest absolute Gasteiger partial charge is 0.472 e. The van der Waals surface area contributed by atoms with Gasteiger partial charge >= 0.3 is 5.97 Å². The van der Waals surface area contributed by atoms with E-state index in [9.17, 15) is 9.59 Å². The molecule has 4 rings (SSSR count). The molecule has 3 fully saturated rings. The van der Waals surface area contributed by atoms with Crippen molar-refractivity contribution in [2.24, 2.45) is 22.7 Å². The molecule has 5 heteroatoms. The van der Waals surface area contributed by atoms with Gasteiger partial charge in [0.05, 0.1) is 24.5 Å². The molecular formula is C22H30O5. The van der Waals surface area contributed by atoms with Crippen LogP contribution in [-0.4, -0.2) is 30.6 Å². The van der Waals surface area contributed by atoms with E-state index in [0.29, 0.717) is 18.9 Å². The summed E-state index contributed by atoms with van der Waals surface area (Å²) in [4.78, 5) is 25.1. The SMILES string of the molecule is CC(=O)OCC12C(=O)CC(C)C(C)(CCc3ccoc3)C1CCCC21CO1. The molecule has 5 nitrogen and oxygen atoms in total. The third-order valence-electron chi connectivity index (χ3n) is 7.92. The van der Waals surface area contributed by atoms with Crippen molar-refractivity contribution in [1.29, 1.82) is 0 Å². The van der Waals surface area contributed by atoms with Crippen LogP contribution in [0.25, 0.3) is 0 Å². The minimum atomic E-state index is -0.686. The van der Waals surface area contributed by atoms with Gasteiger partial charge in [-0.2, -0.15) is 0 Å². The fourth-order valence-electron chi connectivity index (χ4n) is 6.04. The van der Waals surface area contributed by atoms with Crippen molar-refractivity contribution in [3.05, 3.63) is 24.2 Å². The number of ketones is 1. The standard InChI is InChI=1S/C22H30O5/c1-15-11-19(24)22(14-26-16(2)23)18(5-4-8-21(22)13-27-21)20(15,3)9-6-17-7-10-25-12-17/h7,10,12,15,18H,4-6,8-9,11,13-14H2,1-3H3. The van der Waals surface area contributed by atoms with Crippen molar-refractivity contribution >= 4 is 11.8 Å². The number of rotatable bonds is 5. The number of esters is 1. The van der Waals surface area contributed by atoms with E-state index in [1.807, 2.05) is 6.07 Å². The molecule has 1 aromatic rings. The first kappa shape index (κ1) is 18.7. The molecule has 5 atom stereocenters. The average molecular weight is 374 g/mol. The second-order valence-corrected chi connectivity index (χ2v) is 9.15. The van der Waals surface area contributed by atoms with Crippen LogP contribution >= 0.6 is 0 Å². The van der Waals surface area contributed by atoms with E-state index < -0.39 is 11.0 Å². The van der Waals surface area contributed by atoms with Crippen LogP contribution in [0.3, 0.4) is 0 Å². The Bertz CT molecular complexity index is 719. The lowest BCUT2D eigenvalue weighted by molar-refractivity contribution is -0.182. The van der Waals surface area contributed by atoms with E-state index in [2.05, 4.69) is 13.8 Å². The molecule has 148 valence electrons. The number of ether oxygens (including phenoxy) is 2. The van der Waals surface area contributed by atoms with Gasteiger partial charge in [0.1, 0.15) is 18.0 Å². The summed E-state index contributed by atoms with van der Waals surface area (Å²) in [5.41, 5.74) is 0.0813. The summed E-state index contributed by atoms with van der Waals surface area (Å²) in [6.07, 6.45) is 8.92. The van der Waals surface area contributed by atoms with Crippen LogP contribution in [0.2, 0.25) is 0 Å². The summed E-state index contributed by atoms with van der Waals surface area (Å²) >= 11 is 0. The molecule has 0 radical (unpaired) electrons. The second kappa shape index (κ2) is 6.47. The summed E-state index contributed by atoms with van der Waals surface area (Å²) in [5.74, 6) is 0.375. The summed E-state index contributed by atoms with van der Waals surface area (Å²) in [7, 11) is 0. The van der Waals surface area contributed by atoms with E-state index in [0.717, 1.165) is 32.1 Å². The maximum Gasteiger partial charge on any atom is 0.302 e. The predicted molar refractivity (Wildman–Crippen MR) is 99.0 cm³/mol. The van der Waals surface area contributed by atoms with Crippen molar-refractivity contribution < 1.29 is 23.5 Å². The summed E-state index contributed by atoms with van der Waals surface area (Å²) in [5, 5.41) is 0. The lowest BCUT2D eigenvalue weighted by Gasteiger charge is -2.59. The molecule has 1 spiro atoms. The predicted octanol–water partition coefficient (Wildman–Crippen LogP) is 3.95. The van der Waals surface area contributed by atoms with Gasteiger partial charge in [0, 0.05) is 13.3 Å². The van der Waals surface area contributed by atoms with Crippen LogP contribution in [0.1, 0.15) is 58.4 Å². The fraction of sp³-hybridized carbons (Fsp3) is 0.727. The Hall–Kier alpha value is -1.62. The highest BCUT2D eigenvalue weighted by Crippen LogP contribution is 2.67. The summed E-state index contributed by atoms with van der Waals surface area (Å²) in [6.45, 7) is 6.74. The number of fused-ring (bicyclic) bond motifs is 2. The minimum absolute atomic E-state index is 0.00923. The van der Waals surface area contributed by atoms with Gasteiger partial charge in [-0.15, -0.1) is 0 Å². The first-order valence-corrected chi connectivity index (χ1v) is 10.2. The van der Waals surface area contributed by atoms with Crippen LogP contribution in [0.4, 0.5) is 0 Å². The topological polar surface area (TPSA) is 69.0 Å². The van der Waals surface area contributed by atoms with E-state index in [-0.39, 0.29) is 29.7 Å². The third kappa shape index (κ3) is 2.77. The molecule has 27 heavy (non-hydrogen) atoms. The minimum Gasteiger partial charge on any atom is -0.472 e. The molecule has 2 heterocycles. The van der Waals surface area contributed by atoms with Crippen molar-refractivity contribution in [2.45, 2.75) is 64.9 Å². The normalized spacial score (nSPS) is 40.6. The molecule has 2 saturated carbocycles. The number of hydrogen-bond donors (Lipinski definition) is 0. The van der Waals surface area contributed by atoms with E-state index in [1.165, 1.54) is 12.5 Å². The van der Waals surface area contributed by atoms with Crippen LogP contribution in [0.15, 0.2) is 23.0 Å². The average Bonchev–Trinajstić information content (AvgIpc) is 3.20. The molecule has 0 N–H and O–H groups in total. The monoisotopic (exact) mass is 374 g/mol. The number of aryl methyl sites for hydroxylation is 1. The lowest BCUT2D eigenvalue weighted by atomic mass is 9.43. The van der Waals surface area contributed by atoms with Gasteiger partial charge < -0.3 is 13.9 Å². The van der Waals surface area contributed by atoms with Gasteiger partial charge in [0.15, 0.2) is 0 Å². The zero-order chi connectivity index (χ0) is 19.3. The van der Waals surface area contributed by atoms with Crippen molar-refractivity contribution in [2.75, 3.05) is 13.2 Å². The highest BCUT2D eigenvalue weighted by atomic mass is 16.6. The number of hydrogen-bond acceptors (Lipinski definition) is 5. The highest BCUT2D eigenvalue weighted by Gasteiger charge is 2.74. The maximum absolute atomic E-state index is 13.5. The first-order valence-electron chi connectivity index (χ1n) is 10.2. The summed E-state index contributed by atoms with van der Waals surface area (Å²) < 4.78 is 16.7. The molecule has 1 aromatic heterocycles. The Labute approximate surface area is 160 Å². The van der Waals surface area contributed by atoms with Crippen LogP contribution in [-0.2, 0) is 25.5 Å². The van der Waals surface area contributed by atoms with Crippen LogP contribution < -0.4 is 0 Å². The van der Waals surface area contributed by atoms with Gasteiger partial charge in [-0.1, -0.05) is 20.3 Å². The maximum atomic E-state index is 13.5. The Morgan fingerprint density at radius 3 is 2.81 bits per heavy atom. The zero-order valence-corrected chi connectivity index (χ0v) is 16.6. The Kier molecular flexibility index (Phi) is 4.49. The molecule has 0 bridgehead atoms.